The molecule has 0 amide bonds. The minimum absolute atomic E-state index is 0.543. The molecule has 162 valence electrons. The van der Waals surface area contributed by atoms with Crippen LogP contribution in [0.5, 0.6) is 0 Å². The summed E-state index contributed by atoms with van der Waals surface area (Å²) in [6.45, 7) is 9.95. The molecule has 0 nitrogen and oxygen atoms in total. The summed E-state index contributed by atoms with van der Waals surface area (Å²) < 4.78 is 0. The van der Waals surface area contributed by atoms with Crippen molar-refractivity contribution in [1.29, 1.82) is 0 Å². The van der Waals surface area contributed by atoms with Crippen molar-refractivity contribution in [3.63, 3.8) is 0 Å². The Hall–Kier alpha value is -2.69. The Morgan fingerprint density at radius 1 is 0.344 bits per heavy atom. The van der Waals surface area contributed by atoms with Crippen molar-refractivity contribution < 1.29 is 0 Å². The van der Waals surface area contributed by atoms with Gasteiger partial charge in [0.15, 0.2) is 0 Å². The summed E-state index contributed by atoms with van der Waals surface area (Å²) in [6, 6.07) is 46.0. The fourth-order valence-electron chi connectivity index (χ4n) is 6.29. The molecule has 0 aliphatic rings. The van der Waals surface area contributed by atoms with Gasteiger partial charge in [-0.1, -0.05) is 170 Å². The normalized spacial score (nSPS) is 12.3. The van der Waals surface area contributed by atoms with Crippen LogP contribution in [0, 0.1) is 0 Å². The molecule has 0 unspecified atom stereocenters. The second kappa shape index (κ2) is 9.44. The van der Waals surface area contributed by atoms with E-state index >= 15 is 0 Å². The van der Waals surface area contributed by atoms with Crippen molar-refractivity contribution in [3.8, 4) is 0 Å². The number of rotatable bonds is 7. The van der Waals surface area contributed by atoms with Gasteiger partial charge in [0.2, 0.25) is 0 Å². The fraction of sp³-hybridized carbons (Fsp3) is 0.200. The molecule has 0 bridgehead atoms. The SMILES string of the molecule is CC(C)[Si](c1ccccc1)(c1ccccc1)[Si](c1ccccc1)(c1ccccc1)C(C)C. The first-order valence-electron chi connectivity index (χ1n) is 11.8. The lowest BCUT2D eigenvalue weighted by atomic mass is 10.4. The van der Waals surface area contributed by atoms with Crippen LogP contribution in [0.3, 0.4) is 0 Å². The van der Waals surface area contributed by atoms with E-state index < -0.39 is 15.2 Å². The second-order valence-electron chi connectivity index (χ2n) is 9.39. The van der Waals surface area contributed by atoms with Crippen LogP contribution in [0.15, 0.2) is 121 Å². The van der Waals surface area contributed by atoms with Crippen molar-refractivity contribution in [1.82, 2.24) is 0 Å². The Bertz CT molecular complexity index is 933. The summed E-state index contributed by atoms with van der Waals surface area (Å²) in [5.41, 5.74) is 1.09. The first kappa shape index (κ1) is 22.5. The minimum atomic E-state index is -2.31. The molecule has 4 rings (SSSR count). The summed E-state index contributed by atoms with van der Waals surface area (Å²) in [7, 11) is -4.62. The Balaban J connectivity index is 2.26. The van der Waals surface area contributed by atoms with Gasteiger partial charge in [-0.3, -0.25) is 0 Å². The summed E-state index contributed by atoms with van der Waals surface area (Å²) in [5.74, 6) is 0. The largest absolute Gasteiger partial charge is 0.124 e. The van der Waals surface area contributed by atoms with Gasteiger partial charge < -0.3 is 0 Å². The van der Waals surface area contributed by atoms with E-state index in [4.69, 9.17) is 0 Å². The van der Waals surface area contributed by atoms with Crippen LogP contribution in [0.2, 0.25) is 11.1 Å². The summed E-state index contributed by atoms with van der Waals surface area (Å²) >= 11 is 0. The third-order valence-electron chi connectivity index (χ3n) is 7.27. The van der Waals surface area contributed by atoms with Crippen molar-refractivity contribution >= 4 is 35.9 Å². The molecule has 0 aliphatic carbocycles. The molecule has 0 atom stereocenters. The van der Waals surface area contributed by atoms with E-state index in [2.05, 4.69) is 149 Å². The van der Waals surface area contributed by atoms with Crippen LogP contribution in [-0.4, -0.2) is 15.2 Å². The van der Waals surface area contributed by atoms with E-state index in [1.54, 1.807) is 20.7 Å². The van der Waals surface area contributed by atoms with Gasteiger partial charge >= 0.3 is 0 Å². The van der Waals surface area contributed by atoms with Gasteiger partial charge in [0, 0.05) is 0 Å². The molecule has 0 spiro atoms. The molecule has 4 aromatic rings. The lowest BCUT2D eigenvalue weighted by Crippen LogP contribution is -2.87. The van der Waals surface area contributed by atoms with Crippen LogP contribution in [0.1, 0.15) is 27.7 Å². The maximum absolute atomic E-state index is 2.49. The van der Waals surface area contributed by atoms with Gasteiger partial charge in [0.05, 0.1) is 0 Å². The van der Waals surface area contributed by atoms with E-state index in [0.717, 1.165) is 0 Å². The smallest absolute Gasteiger partial charge is 0.0647 e. The van der Waals surface area contributed by atoms with Crippen molar-refractivity contribution in [3.05, 3.63) is 121 Å². The molecule has 0 aromatic heterocycles. The van der Waals surface area contributed by atoms with Gasteiger partial charge in [-0.05, 0) is 11.1 Å². The highest BCUT2D eigenvalue weighted by Gasteiger charge is 2.62. The molecule has 0 fully saturated rings. The van der Waals surface area contributed by atoms with E-state index in [1.165, 1.54) is 0 Å². The molecular formula is C30H34Si2. The number of benzene rings is 4. The highest BCUT2D eigenvalue weighted by Crippen LogP contribution is 2.37. The standard InChI is InChI=1S/C30H34Si2/c1-25(2)31(27-17-9-5-10-18-27,28-19-11-6-12-20-28)32(26(3)4,29-21-13-7-14-22-29)30-23-15-8-16-24-30/h5-26H,1-4H3. The van der Waals surface area contributed by atoms with Gasteiger partial charge in [-0.15, -0.1) is 0 Å². The highest BCUT2D eigenvalue weighted by atomic mass is 29.3. The van der Waals surface area contributed by atoms with Gasteiger partial charge in [-0.25, -0.2) is 0 Å². The molecule has 0 radical (unpaired) electrons. The van der Waals surface area contributed by atoms with Crippen LogP contribution < -0.4 is 20.7 Å². The maximum Gasteiger partial charge on any atom is 0.124 e. The Morgan fingerprint density at radius 2 is 0.531 bits per heavy atom. The first-order valence-corrected chi connectivity index (χ1v) is 16.9. The lowest BCUT2D eigenvalue weighted by Gasteiger charge is -2.54. The van der Waals surface area contributed by atoms with Crippen molar-refractivity contribution in [2.75, 3.05) is 0 Å². The quantitative estimate of drug-likeness (QED) is 0.330. The minimum Gasteiger partial charge on any atom is -0.0647 e. The van der Waals surface area contributed by atoms with Crippen LogP contribution in [0.25, 0.3) is 0 Å². The maximum atomic E-state index is 2.49. The van der Waals surface area contributed by atoms with Gasteiger partial charge in [0.25, 0.3) is 0 Å². The number of hydrogen-bond acceptors (Lipinski definition) is 0. The van der Waals surface area contributed by atoms with Crippen LogP contribution >= 0.6 is 0 Å². The molecule has 0 saturated carbocycles. The highest BCUT2D eigenvalue weighted by molar-refractivity contribution is 7.60. The zero-order chi connectivity index (χ0) is 22.6. The topological polar surface area (TPSA) is 0 Å². The fourth-order valence-corrected chi connectivity index (χ4v) is 29.1. The zero-order valence-corrected chi connectivity index (χ0v) is 21.7. The molecule has 0 aliphatic heterocycles. The molecule has 0 heterocycles. The lowest BCUT2D eigenvalue weighted by molar-refractivity contribution is 1.01. The Labute approximate surface area is 195 Å². The molecule has 4 aromatic carbocycles. The molecular weight excluding hydrogens is 417 g/mol. The third kappa shape index (κ3) is 3.42. The zero-order valence-electron chi connectivity index (χ0n) is 19.7. The predicted octanol–water partition coefficient (Wildman–Crippen LogP) is 5.41. The number of hydrogen-bond donors (Lipinski definition) is 0. The van der Waals surface area contributed by atoms with E-state index in [1.807, 2.05) is 0 Å². The Morgan fingerprint density at radius 3 is 0.688 bits per heavy atom. The average molecular weight is 451 g/mol. The van der Waals surface area contributed by atoms with Crippen LogP contribution in [0.4, 0.5) is 0 Å². The molecule has 32 heavy (non-hydrogen) atoms. The summed E-state index contributed by atoms with van der Waals surface area (Å²) in [6.07, 6.45) is 0. The summed E-state index contributed by atoms with van der Waals surface area (Å²) in [4.78, 5) is 0. The average Bonchev–Trinajstić information content (AvgIpc) is 2.84. The predicted molar refractivity (Wildman–Crippen MR) is 146 cm³/mol. The van der Waals surface area contributed by atoms with Crippen molar-refractivity contribution in [2.45, 2.75) is 38.8 Å². The molecule has 0 N–H and O–H groups in total. The van der Waals surface area contributed by atoms with E-state index in [0.29, 0.717) is 11.1 Å². The van der Waals surface area contributed by atoms with Crippen molar-refractivity contribution in [2.24, 2.45) is 0 Å². The monoisotopic (exact) mass is 450 g/mol. The van der Waals surface area contributed by atoms with E-state index in [9.17, 15) is 0 Å². The van der Waals surface area contributed by atoms with Gasteiger partial charge in [-0.2, -0.15) is 0 Å². The third-order valence-corrected chi connectivity index (χ3v) is 27.6. The summed E-state index contributed by atoms with van der Waals surface area (Å²) in [5, 5.41) is 6.26. The Kier molecular flexibility index (Phi) is 6.64. The molecule has 2 heteroatoms. The second-order valence-corrected chi connectivity index (χ2v) is 22.0. The van der Waals surface area contributed by atoms with Gasteiger partial charge in [0.1, 0.15) is 15.2 Å². The van der Waals surface area contributed by atoms with E-state index in [-0.39, 0.29) is 0 Å². The molecule has 0 saturated heterocycles. The van der Waals surface area contributed by atoms with Crippen LogP contribution in [-0.2, 0) is 0 Å². The first-order chi connectivity index (χ1) is 15.6.